The summed E-state index contributed by atoms with van der Waals surface area (Å²) in [6.45, 7) is 0. The van der Waals surface area contributed by atoms with Gasteiger partial charge in [0.1, 0.15) is 0 Å². The highest BCUT2D eigenvalue weighted by molar-refractivity contribution is 6.33. The minimum absolute atomic E-state index is 1.16. The molecule has 0 fully saturated rings. The first-order valence-electron chi connectivity index (χ1n) is 23.6. The fraction of sp³-hybridized carbons (Fsp3) is 0. The van der Waals surface area contributed by atoms with E-state index in [-0.39, 0.29) is 0 Å². The summed E-state index contributed by atoms with van der Waals surface area (Å²) < 4.78 is 4.82. The second kappa shape index (κ2) is 14.3. The summed E-state index contributed by atoms with van der Waals surface area (Å²) in [6, 6.07) is 90.1. The summed E-state index contributed by atoms with van der Waals surface area (Å²) in [5.41, 5.74) is 12.1. The number of para-hydroxylation sites is 3. The lowest BCUT2D eigenvalue weighted by Crippen LogP contribution is -1.94. The predicted molar refractivity (Wildman–Crippen MR) is 291 cm³/mol. The lowest BCUT2D eigenvalue weighted by Gasteiger charge is -2.16. The van der Waals surface area contributed by atoms with E-state index in [2.05, 4.69) is 252 Å². The molecule has 2 nitrogen and oxygen atoms in total. The maximum absolute atomic E-state index is 2.44. The number of hydrogen-bond acceptors (Lipinski definition) is 0. The summed E-state index contributed by atoms with van der Waals surface area (Å²) in [4.78, 5) is 0. The van der Waals surface area contributed by atoms with E-state index in [1.807, 2.05) is 0 Å². The molecule has 15 rings (SSSR count). The van der Waals surface area contributed by atoms with Gasteiger partial charge in [0.2, 0.25) is 0 Å². The number of hydrogen-bond donors (Lipinski definition) is 0. The molecule has 0 unspecified atom stereocenters. The zero-order valence-electron chi connectivity index (χ0n) is 37.0. The van der Waals surface area contributed by atoms with E-state index in [1.54, 1.807) is 0 Å². The molecule has 0 N–H and O–H groups in total. The maximum Gasteiger partial charge on any atom is 0.0541 e. The van der Waals surface area contributed by atoms with Gasteiger partial charge in [-0.05, 0) is 160 Å². The van der Waals surface area contributed by atoms with Crippen LogP contribution in [0.15, 0.2) is 243 Å². The highest BCUT2D eigenvalue weighted by Gasteiger charge is 2.18. The third-order valence-electron chi connectivity index (χ3n) is 14.8. The maximum atomic E-state index is 2.44. The van der Waals surface area contributed by atoms with Crippen molar-refractivity contribution in [1.82, 2.24) is 9.13 Å². The quantitative estimate of drug-likeness (QED) is 0.156. The number of rotatable bonds is 4. The van der Waals surface area contributed by atoms with E-state index < -0.39 is 0 Å². The minimum atomic E-state index is 1.16. The molecule has 0 saturated heterocycles. The van der Waals surface area contributed by atoms with Crippen LogP contribution in [0.25, 0.3) is 142 Å². The molecule has 0 bridgehead atoms. The smallest absolute Gasteiger partial charge is 0.0541 e. The molecule has 2 aromatic heterocycles. The van der Waals surface area contributed by atoms with E-state index in [9.17, 15) is 0 Å². The average molecular weight is 861 g/mol. The van der Waals surface area contributed by atoms with Crippen LogP contribution in [-0.4, -0.2) is 9.13 Å². The van der Waals surface area contributed by atoms with Crippen LogP contribution in [-0.2, 0) is 0 Å². The Hall–Kier alpha value is -8.98. The fourth-order valence-corrected chi connectivity index (χ4v) is 11.8. The van der Waals surface area contributed by atoms with Gasteiger partial charge in [0.05, 0.1) is 22.1 Å². The first-order valence-corrected chi connectivity index (χ1v) is 23.6. The summed E-state index contributed by atoms with van der Waals surface area (Å²) >= 11 is 0. The predicted octanol–water partition coefficient (Wildman–Crippen LogP) is 18.1. The first-order chi connectivity index (χ1) is 33.7. The standard InChI is InChI=1S/C66H40N2/c1-2-14-46(15-3-1)67-62-24-12-10-20-54(62)59-38-41(29-34-64(59)67)42-30-35-65-60(39-42)55-21-11-13-25-63(55)68(65)47-31-33-49-45(37-47)27-26-43-36-44(28-32-48(43)49)58-40-61-52-18-5-4-16-50(52)51-17-6-8-22-56(51)66(61)57-23-9-7-19-53(57)58/h1-40H. The Morgan fingerprint density at radius 3 is 1.28 bits per heavy atom. The van der Waals surface area contributed by atoms with Crippen molar-refractivity contribution < 1.29 is 0 Å². The van der Waals surface area contributed by atoms with Crippen molar-refractivity contribution in [2.24, 2.45) is 0 Å². The van der Waals surface area contributed by atoms with Crippen LogP contribution in [0.3, 0.4) is 0 Å². The Balaban J connectivity index is 0.845. The molecule has 2 heteroatoms. The van der Waals surface area contributed by atoms with Gasteiger partial charge >= 0.3 is 0 Å². The summed E-state index contributed by atoms with van der Waals surface area (Å²) in [6.07, 6.45) is 0. The number of aromatic nitrogens is 2. The lowest BCUT2D eigenvalue weighted by atomic mass is 9.87. The fourth-order valence-electron chi connectivity index (χ4n) is 11.8. The second-order valence-electron chi connectivity index (χ2n) is 18.4. The monoisotopic (exact) mass is 860 g/mol. The highest BCUT2D eigenvalue weighted by Crippen LogP contribution is 2.44. The van der Waals surface area contributed by atoms with Crippen molar-refractivity contribution in [2.75, 3.05) is 0 Å². The van der Waals surface area contributed by atoms with Gasteiger partial charge in [-0.1, -0.05) is 170 Å². The van der Waals surface area contributed by atoms with Crippen LogP contribution >= 0.6 is 0 Å². The van der Waals surface area contributed by atoms with E-state index in [0.29, 0.717) is 0 Å². The van der Waals surface area contributed by atoms with E-state index in [1.165, 1.54) is 136 Å². The molecule has 0 amide bonds. The normalized spacial score (nSPS) is 12.1. The zero-order chi connectivity index (χ0) is 44.5. The van der Waals surface area contributed by atoms with Gasteiger partial charge in [0.25, 0.3) is 0 Å². The number of fused-ring (bicyclic) bond motifs is 17. The molecular weight excluding hydrogens is 821 g/mol. The molecule has 0 radical (unpaired) electrons. The van der Waals surface area contributed by atoms with E-state index in [0.717, 1.165) is 5.69 Å². The molecule has 2 heterocycles. The van der Waals surface area contributed by atoms with Crippen molar-refractivity contribution in [1.29, 1.82) is 0 Å². The Morgan fingerprint density at radius 1 is 0.206 bits per heavy atom. The topological polar surface area (TPSA) is 9.86 Å². The van der Waals surface area contributed by atoms with Gasteiger partial charge in [-0.25, -0.2) is 0 Å². The van der Waals surface area contributed by atoms with Crippen molar-refractivity contribution in [3.8, 4) is 33.6 Å². The molecule has 15 aromatic rings. The molecular formula is C66H40N2. The summed E-state index contributed by atoms with van der Waals surface area (Å²) in [7, 11) is 0. The number of nitrogens with zero attached hydrogens (tertiary/aromatic N) is 2. The van der Waals surface area contributed by atoms with Gasteiger partial charge in [0.15, 0.2) is 0 Å². The Labute approximate surface area is 391 Å². The number of benzene rings is 13. The molecule has 314 valence electrons. The van der Waals surface area contributed by atoms with Gasteiger partial charge in [-0.15, -0.1) is 0 Å². The molecule has 0 spiro atoms. The lowest BCUT2D eigenvalue weighted by molar-refractivity contribution is 1.18. The van der Waals surface area contributed by atoms with Crippen LogP contribution in [0.1, 0.15) is 0 Å². The van der Waals surface area contributed by atoms with Crippen LogP contribution in [0.4, 0.5) is 0 Å². The van der Waals surface area contributed by atoms with Crippen LogP contribution < -0.4 is 0 Å². The molecule has 0 saturated carbocycles. The van der Waals surface area contributed by atoms with Crippen molar-refractivity contribution in [3.63, 3.8) is 0 Å². The third-order valence-corrected chi connectivity index (χ3v) is 14.8. The van der Waals surface area contributed by atoms with Crippen molar-refractivity contribution in [2.45, 2.75) is 0 Å². The zero-order valence-corrected chi connectivity index (χ0v) is 37.0. The summed E-state index contributed by atoms with van der Waals surface area (Å²) in [5, 5.41) is 20.4. The minimum Gasteiger partial charge on any atom is -0.309 e. The van der Waals surface area contributed by atoms with Crippen LogP contribution in [0, 0.1) is 0 Å². The van der Waals surface area contributed by atoms with Gasteiger partial charge in [0, 0.05) is 32.9 Å². The van der Waals surface area contributed by atoms with Gasteiger partial charge in [-0.2, -0.15) is 0 Å². The van der Waals surface area contributed by atoms with Crippen LogP contribution in [0.5, 0.6) is 0 Å². The van der Waals surface area contributed by atoms with Crippen molar-refractivity contribution >= 4 is 108 Å². The second-order valence-corrected chi connectivity index (χ2v) is 18.4. The molecule has 68 heavy (non-hydrogen) atoms. The van der Waals surface area contributed by atoms with E-state index >= 15 is 0 Å². The highest BCUT2D eigenvalue weighted by atomic mass is 15.0. The first kappa shape index (κ1) is 37.3. The molecule has 0 aliphatic carbocycles. The Morgan fingerprint density at radius 2 is 0.647 bits per heavy atom. The van der Waals surface area contributed by atoms with Crippen molar-refractivity contribution in [3.05, 3.63) is 243 Å². The van der Waals surface area contributed by atoms with Gasteiger partial charge in [-0.3, -0.25) is 0 Å². The third kappa shape index (κ3) is 5.34. The Kier molecular flexibility index (Phi) is 7.81. The Bertz CT molecular complexity index is 4610. The summed E-state index contributed by atoms with van der Waals surface area (Å²) in [5.74, 6) is 0. The molecule has 0 aliphatic heterocycles. The van der Waals surface area contributed by atoms with Crippen LogP contribution in [0.2, 0.25) is 0 Å². The largest absolute Gasteiger partial charge is 0.309 e. The molecule has 0 aliphatic rings. The molecule has 0 atom stereocenters. The molecule has 13 aromatic carbocycles. The SMILES string of the molecule is c1ccc(-n2c3ccccc3c3cc(-c4ccc5c(c4)c4ccccc4n5-c4ccc5c(ccc6cc(-c7cc8c9ccccc9c9ccccc9c8c8ccccc78)ccc65)c4)ccc32)cc1. The average Bonchev–Trinajstić information content (AvgIpc) is 3.92. The van der Waals surface area contributed by atoms with E-state index in [4.69, 9.17) is 0 Å². The van der Waals surface area contributed by atoms with Gasteiger partial charge < -0.3 is 9.13 Å².